The van der Waals surface area contributed by atoms with Gasteiger partial charge < -0.3 is 4.57 Å². The average Bonchev–Trinajstić information content (AvgIpc) is 2.79. The first-order chi connectivity index (χ1) is 10.5. The molecule has 0 aliphatic carbocycles. The minimum absolute atomic E-state index is 0.0474. The van der Waals surface area contributed by atoms with E-state index in [0.717, 1.165) is 6.20 Å². The molecule has 1 aromatic carbocycles. The SMILES string of the molecule is Cc1ccc(-c2nc(C(F)(F)F)cn2C)cc1SCC(F)(F)F. The molecule has 2 aromatic rings. The van der Waals surface area contributed by atoms with Crippen LogP contribution in [0, 0.1) is 6.92 Å². The number of rotatable bonds is 3. The number of aryl methyl sites for hydroxylation is 2. The first kappa shape index (κ1) is 17.7. The standard InChI is InChI=1S/C14H12F6N2S/c1-8-3-4-9(5-10(8)23-7-13(15,16)17)12-21-11(6-22(12)2)14(18,19)20/h3-6H,7H2,1-2H3. The third-order valence-corrected chi connectivity index (χ3v) is 4.23. The minimum atomic E-state index is -4.57. The van der Waals surface area contributed by atoms with E-state index in [1.54, 1.807) is 13.0 Å². The number of aromatic nitrogens is 2. The van der Waals surface area contributed by atoms with E-state index in [1.165, 1.54) is 23.7 Å². The summed E-state index contributed by atoms with van der Waals surface area (Å²) in [6.45, 7) is 1.64. The van der Waals surface area contributed by atoms with Crippen LogP contribution in [0.3, 0.4) is 0 Å². The zero-order valence-corrected chi connectivity index (χ0v) is 12.9. The molecule has 0 N–H and O–H groups in total. The molecule has 0 saturated carbocycles. The number of alkyl halides is 6. The highest BCUT2D eigenvalue weighted by atomic mass is 32.2. The van der Waals surface area contributed by atoms with Crippen molar-refractivity contribution in [2.75, 3.05) is 5.75 Å². The highest BCUT2D eigenvalue weighted by Crippen LogP contribution is 2.34. The summed E-state index contributed by atoms with van der Waals surface area (Å²) in [5.41, 5.74) is -0.0911. The molecule has 0 aliphatic heterocycles. The van der Waals surface area contributed by atoms with Crippen LogP contribution in [0.25, 0.3) is 11.4 Å². The lowest BCUT2D eigenvalue weighted by atomic mass is 10.1. The number of benzene rings is 1. The van der Waals surface area contributed by atoms with E-state index >= 15 is 0 Å². The number of imidazole rings is 1. The lowest BCUT2D eigenvalue weighted by Crippen LogP contribution is -2.10. The van der Waals surface area contributed by atoms with E-state index < -0.39 is 23.8 Å². The van der Waals surface area contributed by atoms with E-state index in [2.05, 4.69) is 4.98 Å². The van der Waals surface area contributed by atoms with Gasteiger partial charge in [0.15, 0.2) is 5.69 Å². The van der Waals surface area contributed by atoms with Crippen molar-refractivity contribution in [3.63, 3.8) is 0 Å². The van der Waals surface area contributed by atoms with Crippen molar-refractivity contribution in [2.45, 2.75) is 24.2 Å². The predicted molar refractivity (Wildman–Crippen MR) is 75.2 cm³/mol. The Morgan fingerprint density at radius 3 is 2.30 bits per heavy atom. The maximum atomic E-state index is 12.7. The maximum absolute atomic E-state index is 12.7. The van der Waals surface area contributed by atoms with Crippen LogP contribution in [0.5, 0.6) is 0 Å². The monoisotopic (exact) mass is 354 g/mol. The lowest BCUT2D eigenvalue weighted by molar-refractivity contribution is -0.140. The van der Waals surface area contributed by atoms with Gasteiger partial charge in [-0.15, -0.1) is 11.8 Å². The van der Waals surface area contributed by atoms with Crippen molar-refractivity contribution in [3.8, 4) is 11.4 Å². The predicted octanol–water partition coefficient (Wildman–Crippen LogP) is 5.07. The van der Waals surface area contributed by atoms with Gasteiger partial charge in [0.05, 0.1) is 5.75 Å². The van der Waals surface area contributed by atoms with Gasteiger partial charge in [-0.05, 0) is 18.6 Å². The molecule has 0 unspecified atom stereocenters. The zero-order chi connectivity index (χ0) is 17.4. The van der Waals surface area contributed by atoms with Crippen LogP contribution in [0.15, 0.2) is 29.3 Å². The summed E-state index contributed by atoms with van der Waals surface area (Å²) in [5.74, 6) is -1.02. The summed E-state index contributed by atoms with van der Waals surface area (Å²) in [4.78, 5) is 3.90. The molecule has 0 atom stereocenters. The van der Waals surface area contributed by atoms with Gasteiger partial charge >= 0.3 is 12.4 Å². The summed E-state index contributed by atoms with van der Waals surface area (Å²) in [5, 5.41) is 0. The third-order valence-electron chi connectivity index (χ3n) is 3.00. The molecule has 0 radical (unpaired) electrons. The molecular formula is C14H12F6N2S. The average molecular weight is 354 g/mol. The molecule has 126 valence electrons. The number of hydrogen-bond donors (Lipinski definition) is 0. The second kappa shape index (κ2) is 6.10. The Hall–Kier alpha value is -1.64. The zero-order valence-electron chi connectivity index (χ0n) is 12.1. The Kier molecular flexibility index (Phi) is 4.70. The van der Waals surface area contributed by atoms with Crippen LogP contribution in [0.1, 0.15) is 11.3 Å². The molecule has 0 saturated heterocycles. The summed E-state index contributed by atoms with van der Waals surface area (Å²) in [6.07, 6.45) is -8.05. The van der Waals surface area contributed by atoms with Gasteiger partial charge in [-0.1, -0.05) is 12.1 Å². The molecule has 1 aromatic heterocycles. The Balaban J connectivity index is 2.36. The van der Waals surface area contributed by atoms with Gasteiger partial charge in [-0.3, -0.25) is 0 Å². The van der Waals surface area contributed by atoms with E-state index in [-0.39, 0.29) is 5.82 Å². The smallest absolute Gasteiger partial charge is 0.333 e. The van der Waals surface area contributed by atoms with Gasteiger partial charge in [0.25, 0.3) is 0 Å². The maximum Gasteiger partial charge on any atom is 0.434 e. The Morgan fingerprint density at radius 2 is 1.78 bits per heavy atom. The Morgan fingerprint density at radius 1 is 1.13 bits per heavy atom. The first-order valence-electron chi connectivity index (χ1n) is 6.38. The van der Waals surface area contributed by atoms with Crippen molar-refractivity contribution in [2.24, 2.45) is 7.05 Å². The number of halogens is 6. The van der Waals surface area contributed by atoms with Gasteiger partial charge in [0, 0.05) is 23.7 Å². The largest absolute Gasteiger partial charge is 0.434 e. The van der Waals surface area contributed by atoms with Crippen LogP contribution in [0.4, 0.5) is 26.3 Å². The van der Waals surface area contributed by atoms with E-state index in [4.69, 9.17) is 0 Å². The molecule has 0 fully saturated rings. The van der Waals surface area contributed by atoms with Crippen LogP contribution < -0.4 is 0 Å². The van der Waals surface area contributed by atoms with Crippen molar-refractivity contribution >= 4 is 11.8 Å². The fraction of sp³-hybridized carbons (Fsp3) is 0.357. The molecule has 2 rings (SSSR count). The van der Waals surface area contributed by atoms with Crippen LogP contribution in [-0.4, -0.2) is 21.5 Å². The molecule has 1 heterocycles. The molecule has 2 nitrogen and oxygen atoms in total. The third kappa shape index (κ3) is 4.43. The van der Waals surface area contributed by atoms with Gasteiger partial charge in [0.1, 0.15) is 5.82 Å². The minimum Gasteiger partial charge on any atom is -0.333 e. The molecule has 0 amide bonds. The first-order valence-corrected chi connectivity index (χ1v) is 7.37. The molecule has 0 bridgehead atoms. The quantitative estimate of drug-likeness (QED) is 0.566. The summed E-state index contributed by atoms with van der Waals surface area (Å²) >= 11 is 0.597. The van der Waals surface area contributed by atoms with Crippen LogP contribution in [-0.2, 0) is 13.2 Å². The van der Waals surface area contributed by atoms with Crippen molar-refractivity contribution < 1.29 is 26.3 Å². The van der Waals surface area contributed by atoms with E-state index in [1.807, 2.05) is 0 Å². The van der Waals surface area contributed by atoms with Gasteiger partial charge in [0.2, 0.25) is 0 Å². The molecular weight excluding hydrogens is 342 g/mol. The summed E-state index contributed by atoms with van der Waals surface area (Å²) in [7, 11) is 1.40. The second-order valence-corrected chi connectivity index (χ2v) is 5.96. The molecule has 9 heteroatoms. The normalized spacial score (nSPS) is 12.7. The topological polar surface area (TPSA) is 17.8 Å². The molecule has 0 spiro atoms. The van der Waals surface area contributed by atoms with E-state index in [9.17, 15) is 26.3 Å². The Labute approximate surface area is 132 Å². The number of nitrogens with zero attached hydrogens (tertiary/aromatic N) is 2. The fourth-order valence-corrected chi connectivity index (χ4v) is 2.75. The van der Waals surface area contributed by atoms with Crippen molar-refractivity contribution in [1.82, 2.24) is 9.55 Å². The summed E-state index contributed by atoms with van der Waals surface area (Å²) in [6, 6.07) is 4.53. The van der Waals surface area contributed by atoms with E-state index in [0.29, 0.717) is 27.8 Å². The number of hydrogen-bond acceptors (Lipinski definition) is 2. The highest BCUT2D eigenvalue weighted by molar-refractivity contribution is 7.99. The second-order valence-electron chi connectivity index (χ2n) is 4.94. The van der Waals surface area contributed by atoms with Crippen LogP contribution >= 0.6 is 11.8 Å². The van der Waals surface area contributed by atoms with Gasteiger partial charge in [-0.2, -0.15) is 26.3 Å². The Bertz CT molecular complexity index is 702. The molecule has 0 aliphatic rings. The van der Waals surface area contributed by atoms with Gasteiger partial charge in [-0.25, -0.2) is 4.98 Å². The van der Waals surface area contributed by atoms with Crippen LogP contribution in [0.2, 0.25) is 0 Å². The lowest BCUT2D eigenvalue weighted by Gasteiger charge is -2.10. The molecule has 23 heavy (non-hydrogen) atoms. The fourth-order valence-electron chi connectivity index (χ4n) is 1.93. The number of thioether (sulfide) groups is 1. The van der Waals surface area contributed by atoms with Crippen molar-refractivity contribution in [3.05, 3.63) is 35.7 Å². The van der Waals surface area contributed by atoms with Crippen molar-refractivity contribution in [1.29, 1.82) is 0 Å². The summed E-state index contributed by atoms with van der Waals surface area (Å²) < 4.78 is 76.3. The highest BCUT2D eigenvalue weighted by Gasteiger charge is 2.34.